The number of carbonyl (C=O) groups excluding carboxylic acids is 2. The highest BCUT2D eigenvalue weighted by molar-refractivity contribution is 6.30. The fraction of sp³-hybridized carbons (Fsp3) is 0. The summed E-state index contributed by atoms with van der Waals surface area (Å²) in [5.41, 5.74) is 5.73. The molecular formula is C32H18N2O2. The second-order valence-electron chi connectivity index (χ2n) is 9.03. The normalized spacial score (nSPS) is 12.6. The second kappa shape index (κ2) is 7.79. The molecule has 168 valence electrons. The Morgan fingerprint density at radius 1 is 0.417 bits per heavy atom. The number of rotatable bonds is 2. The molecule has 1 aliphatic rings. The minimum atomic E-state index is -0.119. The number of nitrogens with zero attached hydrogens (tertiary/aromatic N) is 2. The molecule has 0 N–H and O–H groups in total. The Kier molecular flexibility index (Phi) is 4.42. The summed E-state index contributed by atoms with van der Waals surface area (Å²) in [7, 11) is 0. The van der Waals surface area contributed by atoms with Crippen LogP contribution < -0.4 is 0 Å². The van der Waals surface area contributed by atoms with Crippen LogP contribution in [0.3, 0.4) is 0 Å². The van der Waals surface area contributed by atoms with Gasteiger partial charge in [-0.05, 0) is 81.2 Å². The maximum absolute atomic E-state index is 13.6. The molecule has 2 heterocycles. The van der Waals surface area contributed by atoms with Gasteiger partial charge < -0.3 is 0 Å². The van der Waals surface area contributed by atoms with Crippen molar-refractivity contribution in [2.75, 3.05) is 0 Å². The van der Waals surface area contributed by atoms with Crippen LogP contribution in [0.2, 0.25) is 0 Å². The molecular weight excluding hydrogens is 444 g/mol. The lowest BCUT2D eigenvalue weighted by Crippen LogP contribution is -2.21. The van der Waals surface area contributed by atoms with Crippen molar-refractivity contribution in [1.29, 1.82) is 0 Å². The average Bonchev–Trinajstić information content (AvgIpc) is 2.94. The van der Waals surface area contributed by atoms with Crippen molar-refractivity contribution in [1.82, 2.24) is 9.97 Å². The Balaban J connectivity index is 1.48. The van der Waals surface area contributed by atoms with Crippen molar-refractivity contribution in [2.24, 2.45) is 0 Å². The summed E-state index contributed by atoms with van der Waals surface area (Å²) in [4.78, 5) is 35.8. The molecule has 4 nitrogen and oxygen atoms in total. The summed E-state index contributed by atoms with van der Waals surface area (Å²) in [5, 5.41) is 3.68. The first-order chi connectivity index (χ1) is 17.7. The average molecular weight is 463 g/mol. The third-order valence-electron chi connectivity index (χ3n) is 6.92. The van der Waals surface area contributed by atoms with Gasteiger partial charge in [-0.2, -0.15) is 0 Å². The Morgan fingerprint density at radius 2 is 0.806 bits per heavy atom. The molecule has 1 aliphatic carbocycles. The Bertz CT molecular complexity index is 1720. The molecule has 0 atom stereocenters. The number of ketones is 2. The van der Waals surface area contributed by atoms with Crippen molar-refractivity contribution in [3.8, 4) is 22.3 Å². The number of fused-ring (bicyclic) bond motifs is 4. The number of hydrogen-bond donors (Lipinski definition) is 0. The van der Waals surface area contributed by atoms with Crippen LogP contribution in [0.5, 0.6) is 0 Å². The zero-order chi connectivity index (χ0) is 24.2. The molecule has 4 heteroatoms. The Morgan fingerprint density at radius 3 is 1.19 bits per heavy atom. The molecule has 0 radical (unpaired) electrons. The van der Waals surface area contributed by atoms with E-state index in [9.17, 15) is 9.59 Å². The number of carbonyl (C=O) groups is 2. The van der Waals surface area contributed by atoms with Crippen LogP contribution in [0.1, 0.15) is 31.8 Å². The Labute approximate surface area is 206 Å². The third kappa shape index (κ3) is 3.08. The highest BCUT2D eigenvalue weighted by Crippen LogP contribution is 2.38. The van der Waals surface area contributed by atoms with E-state index in [1.54, 1.807) is 12.4 Å². The maximum Gasteiger partial charge on any atom is 0.194 e. The highest BCUT2D eigenvalue weighted by Gasteiger charge is 2.30. The van der Waals surface area contributed by atoms with Gasteiger partial charge in [0.2, 0.25) is 0 Å². The van der Waals surface area contributed by atoms with Crippen molar-refractivity contribution in [3.63, 3.8) is 0 Å². The number of hydrogen-bond acceptors (Lipinski definition) is 4. The first kappa shape index (κ1) is 20.4. The van der Waals surface area contributed by atoms with Gasteiger partial charge in [0, 0.05) is 58.2 Å². The lowest BCUT2D eigenvalue weighted by molar-refractivity contribution is 0.0979. The molecule has 0 fully saturated rings. The van der Waals surface area contributed by atoms with Crippen molar-refractivity contribution in [3.05, 3.63) is 132 Å². The molecule has 0 saturated heterocycles. The van der Waals surface area contributed by atoms with E-state index in [4.69, 9.17) is 0 Å². The monoisotopic (exact) mass is 462 g/mol. The number of pyridine rings is 2. The predicted octanol–water partition coefficient (Wildman–Crippen LogP) is 6.89. The maximum atomic E-state index is 13.6. The fourth-order valence-electron chi connectivity index (χ4n) is 5.15. The van der Waals surface area contributed by atoms with Gasteiger partial charge in [0.1, 0.15) is 0 Å². The van der Waals surface area contributed by atoms with Gasteiger partial charge in [-0.25, -0.2) is 0 Å². The van der Waals surface area contributed by atoms with Crippen LogP contribution in [-0.2, 0) is 0 Å². The molecule has 0 spiro atoms. The van der Waals surface area contributed by atoms with Crippen LogP contribution in [0.25, 0.3) is 43.8 Å². The van der Waals surface area contributed by atoms with Crippen LogP contribution in [0.15, 0.2) is 110 Å². The van der Waals surface area contributed by atoms with Crippen molar-refractivity contribution < 1.29 is 9.59 Å². The van der Waals surface area contributed by atoms with Gasteiger partial charge in [0.25, 0.3) is 0 Å². The summed E-state index contributed by atoms with van der Waals surface area (Å²) in [6.07, 6.45) is 7.15. The zero-order valence-electron chi connectivity index (χ0n) is 19.1. The predicted molar refractivity (Wildman–Crippen MR) is 141 cm³/mol. The van der Waals surface area contributed by atoms with Gasteiger partial charge in [0.05, 0.1) is 0 Å². The van der Waals surface area contributed by atoms with E-state index in [-0.39, 0.29) is 11.6 Å². The summed E-state index contributed by atoms with van der Waals surface area (Å²) in [6, 6.07) is 27.2. The van der Waals surface area contributed by atoms with E-state index in [2.05, 4.69) is 22.1 Å². The molecule has 0 aliphatic heterocycles. The third-order valence-corrected chi connectivity index (χ3v) is 6.92. The van der Waals surface area contributed by atoms with Gasteiger partial charge in [-0.15, -0.1) is 0 Å². The Hall–Kier alpha value is -4.96. The van der Waals surface area contributed by atoms with Crippen LogP contribution in [0.4, 0.5) is 0 Å². The molecule has 2 aromatic heterocycles. The van der Waals surface area contributed by atoms with Gasteiger partial charge in [-0.3, -0.25) is 19.6 Å². The summed E-state index contributed by atoms with van der Waals surface area (Å²) in [6.45, 7) is 0. The molecule has 7 rings (SSSR count). The topological polar surface area (TPSA) is 59.9 Å². The molecule has 0 bridgehead atoms. The molecule has 36 heavy (non-hydrogen) atoms. The molecule has 0 saturated carbocycles. The lowest BCUT2D eigenvalue weighted by atomic mass is 9.81. The van der Waals surface area contributed by atoms with Crippen molar-refractivity contribution >= 4 is 33.1 Å². The zero-order valence-corrected chi connectivity index (χ0v) is 19.1. The van der Waals surface area contributed by atoms with Crippen LogP contribution >= 0.6 is 0 Å². The minimum Gasteiger partial charge on any atom is -0.289 e. The standard InChI is InChI=1S/C32H18N2O2/c35-31-27-11-19-5-1-2-6-20(19)12-28(27)32(36)30-16-24-14-26(22-8-4-10-34-18-22)25(13-23(24)15-29(30)31)21-7-3-9-33-17-21/h1-18H. The summed E-state index contributed by atoms with van der Waals surface area (Å²) >= 11 is 0. The minimum absolute atomic E-state index is 0.119. The molecule has 4 aromatic carbocycles. The quantitative estimate of drug-likeness (QED) is 0.281. The van der Waals surface area contributed by atoms with Crippen LogP contribution in [0, 0.1) is 0 Å². The molecule has 0 amide bonds. The number of aromatic nitrogens is 2. The van der Waals surface area contributed by atoms with E-state index < -0.39 is 0 Å². The van der Waals surface area contributed by atoms with Gasteiger partial charge in [-0.1, -0.05) is 36.4 Å². The summed E-state index contributed by atoms with van der Waals surface area (Å²) < 4.78 is 0. The van der Waals surface area contributed by atoms with Crippen molar-refractivity contribution in [2.45, 2.75) is 0 Å². The largest absolute Gasteiger partial charge is 0.289 e. The smallest absolute Gasteiger partial charge is 0.194 e. The molecule has 6 aromatic rings. The highest BCUT2D eigenvalue weighted by atomic mass is 16.1. The van der Waals surface area contributed by atoms with Gasteiger partial charge >= 0.3 is 0 Å². The van der Waals surface area contributed by atoms with E-state index in [0.717, 1.165) is 43.8 Å². The first-order valence-electron chi connectivity index (χ1n) is 11.7. The lowest BCUT2D eigenvalue weighted by Gasteiger charge is -2.20. The summed E-state index contributed by atoms with van der Waals surface area (Å²) in [5.74, 6) is -0.238. The van der Waals surface area contributed by atoms with Crippen LogP contribution in [-0.4, -0.2) is 21.5 Å². The van der Waals surface area contributed by atoms with Gasteiger partial charge in [0.15, 0.2) is 11.6 Å². The van der Waals surface area contributed by atoms with E-state index >= 15 is 0 Å². The number of benzene rings is 4. The van der Waals surface area contributed by atoms with E-state index in [1.165, 1.54) is 0 Å². The van der Waals surface area contributed by atoms with E-state index in [1.807, 2.05) is 85.2 Å². The fourth-order valence-corrected chi connectivity index (χ4v) is 5.15. The first-order valence-corrected chi connectivity index (χ1v) is 11.7. The SMILES string of the molecule is O=C1c2cc3ccccc3cc2C(=O)c2cc3cc(-c4cccnc4)c(-c4cccnc4)cc3cc21. The van der Waals surface area contributed by atoms with E-state index in [0.29, 0.717) is 22.3 Å². The molecule has 0 unspecified atom stereocenters. The second-order valence-corrected chi connectivity index (χ2v) is 9.03.